The maximum Gasteiger partial charge on any atom is 0.271 e. The van der Waals surface area contributed by atoms with E-state index in [0.717, 1.165) is 12.6 Å². The third kappa shape index (κ3) is 4.80. The minimum atomic E-state index is -3.90. The summed E-state index contributed by atoms with van der Waals surface area (Å²) in [4.78, 5) is 12.5. The smallest absolute Gasteiger partial charge is 0.271 e. The number of sulfonamides is 1. The standard InChI is InChI=1S/C21H27N3O5S/c1-16(2)18-6-4-17(5-7-18)15-22-10-12-23(13-11-22)30(27,28)21-14-19(24(25)26)8-9-20(21)29-3/h4-9,14,16H,10-13,15H2,1-3H3. The Bertz CT molecular complexity index is 998. The van der Waals surface area contributed by atoms with E-state index in [1.807, 2.05) is 0 Å². The first-order valence-corrected chi connectivity index (χ1v) is 11.3. The van der Waals surface area contributed by atoms with Crippen LogP contribution < -0.4 is 4.74 Å². The molecule has 1 aliphatic heterocycles. The highest BCUT2D eigenvalue weighted by molar-refractivity contribution is 7.89. The summed E-state index contributed by atoms with van der Waals surface area (Å²) in [6.07, 6.45) is 0. The van der Waals surface area contributed by atoms with Crippen molar-refractivity contribution in [3.63, 3.8) is 0 Å². The van der Waals surface area contributed by atoms with Gasteiger partial charge in [0.2, 0.25) is 10.0 Å². The zero-order valence-corrected chi connectivity index (χ0v) is 18.3. The van der Waals surface area contributed by atoms with Gasteiger partial charge in [-0.05, 0) is 23.1 Å². The average molecular weight is 434 g/mol. The van der Waals surface area contributed by atoms with Crippen molar-refractivity contribution in [3.8, 4) is 5.75 Å². The summed E-state index contributed by atoms with van der Waals surface area (Å²) in [5.74, 6) is 0.590. The van der Waals surface area contributed by atoms with E-state index in [1.165, 1.54) is 34.7 Å². The van der Waals surface area contributed by atoms with Gasteiger partial charge in [0.05, 0.1) is 12.0 Å². The number of nitrogens with zero attached hydrogens (tertiary/aromatic N) is 3. The number of non-ortho nitro benzene ring substituents is 1. The van der Waals surface area contributed by atoms with E-state index >= 15 is 0 Å². The second-order valence-electron chi connectivity index (χ2n) is 7.67. The first-order valence-electron chi connectivity index (χ1n) is 9.86. The van der Waals surface area contributed by atoms with Crippen LogP contribution in [0.2, 0.25) is 0 Å². The summed E-state index contributed by atoms with van der Waals surface area (Å²) >= 11 is 0. The zero-order chi connectivity index (χ0) is 21.9. The van der Waals surface area contributed by atoms with Crippen molar-refractivity contribution in [2.45, 2.75) is 31.2 Å². The Kier molecular flexibility index (Phi) is 6.74. The van der Waals surface area contributed by atoms with E-state index in [0.29, 0.717) is 32.1 Å². The minimum Gasteiger partial charge on any atom is -0.495 e. The van der Waals surface area contributed by atoms with Crippen LogP contribution >= 0.6 is 0 Å². The van der Waals surface area contributed by atoms with Crippen LogP contribution in [0.4, 0.5) is 5.69 Å². The van der Waals surface area contributed by atoms with Crippen molar-refractivity contribution in [2.24, 2.45) is 0 Å². The monoisotopic (exact) mass is 433 g/mol. The van der Waals surface area contributed by atoms with E-state index in [-0.39, 0.29) is 16.3 Å². The van der Waals surface area contributed by atoms with E-state index in [4.69, 9.17) is 4.74 Å². The average Bonchev–Trinajstić information content (AvgIpc) is 2.74. The molecule has 0 amide bonds. The lowest BCUT2D eigenvalue weighted by Crippen LogP contribution is -2.48. The van der Waals surface area contributed by atoms with E-state index < -0.39 is 14.9 Å². The Morgan fingerprint density at radius 3 is 2.23 bits per heavy atom. The molecule has 162 valence electrons. The lowest BCUT2D eigenvalue weighted by Gasteiger charge is -2.34. The molecule has 30 heavy (non-hydrogen) atoms. The van der Waals surface area contributed by atoms with Crippen molar-refractivity contribution in [3.05, 3.63) is 63.7 Å². The molecule has 1 heterocycles. The number of hydrogen-bond donors (Lipinski definition) is 0. The van der Waals surface area contributed by atoms with Crippen LogP contribution in [0.5, 0.6) is 5.75 Å². The molecule has 3 rings (SSSR count). The number of nitro groups is 1. The second-order valence-corrected chi connectivity index (χ2v) is 9.58. The number of methoxy groups -OCH3 is 1. The highest BCUT2D eigenvalue weighted by atomic mass is 32.2. The number of benzene rings is 2. The summed E-state index contributed by atoms with van der Waals surface area (Å²) in [5.41, 5.74) is 2.20. The predicted octanol–water partition coefficient (Wildman–Crippen LogP) is 3.23. The molecule has 0 bridgehead atoms. The van der Waals surface area contributed by atoms with Crippen LogP contribution in [0.3, 0.4) is 0 Å². The van der Waals surface area contributed by atoms with Crippen molar-refractivity contribution in [1.29, 1.82) is 0 Å². The Hall–Kier alpha value is -2.49. The van der Waals surface area contributed by atoms with Crippen LogP contribution in [-0.2, 0) is 16.6 Å². The van der Waals surface area contributed by atoms with Gasteiger partial charge in [-0.3, -0.25) is 15.0 Å². The molecule has 1 aliphatic rings. The van der Waals surface area contributed by atoms with Crippen LogP contribution in [0.1, 0.15) is 30.9 Å². The van der Waals surface area contributed by atoms with Crippen molar-refractivity contribution < 1.29 is 18.1 Å². The molecule has 1 fully saturated rings. The highest BCUT2D eigenvalue weighted by Crippen LogP contribution is 2.31. The van der Waals surface area contributed by atoms with Gasteiger partial charge in [0, 0.05) is 44.9 Å². The highest BCUT2D eigenvalue weighted by Gasteiger charge is 2.32. The molecular formula is C21H27N3O5S. The lowest BCUT2D eigenvalue weighted by atomic mass is 10.0. The van der Waals surface area contributed by atoms with Gasteiger partial charge in [0.25, 0.3) is 5.69 Å². The van der Waals surface area contributed by atoms with E-state index in [2.05, 4.69) is 43.0 Å². The van der Waals surface area contributed by atoms with E-state index in [9.17, 15) is 18.5 Å². The zero-order valence-electron chi connectivity index (χ0n) is 17.4. The second kappa shape index (κ2) is 9.11. The summed E-state index contributed by atoms with van der Waals surface area (Å²) in [7, 11) is -2.55. The summed E-state index contributed by atoms with van der Waals surface area (Å²) in [6.45, 7) is 6.88. The molecule has 9 heteroatoms. The fourth-order valence-corrected chi connectivity index (χ4v) is 5.11. The molecule has 0 N–H and O–H groups in total. The maximum atomic E-state index is 13.1. The van der Waals surface area contributed by atoms with Crippen molar-refractivity contribution >= 4 is 15.7 Å². The minimum absolute atomic E-state index is 0.105. The number of ether oxygens (including phenoxy) is 1. The third-order valence-electron chi connectivity index (χ3n) is 5.36. The molecule has 2 aromatic carbocycles. The van der Waals surface area contributed by atoms with Gasteiger partial charge in [0.1, 0.15) is 10.6 Å². The number of hydrogen-bond acceptors (Lipinski definition) is 6. The summed E-state index contributed by atoms with van der Waals surface area (Å²) in [5, 5.41) is 11.1. The quantitative estimate of drug-likeness (QED) is 0.492. The molecule has 2 aromatic rings. The molecule has 8 nitrogen and oxygen atoms in total. The summed E-state index contributed by atoms with van der Waals surface area (Å²) in [6, 6.07) is 12.1. The molecule has 0 radical (unpaired) electrons. The molecule has 0 atom stereocenters. The van der Waals surface area contributed by atoms with Gasteiger partial charge in [-0.2, -0.15) is 4.31 Å². The van der Waals surface area contributed by atoms with Crippen LogP contribution in [0, 0.1) is 10.1 Å². The molecule has 0 aliphatic carbocycles. The first kappa shape index (κ1) is 22.2. The molecular weight excluding hydrogens is 406 g/mol. The van der Waals surface area contributed by atoms with Crippen LogP contribution in [0.25, 0.3) is 0 Å². The number of rotatable bonds is 7. The fourth-order valence-electron chi connectivity index (χ4n) is 3.51. The van der Waals surface area contributed by atoms with Gasteiger partial charge in [-0.15, -0.1) is 0 Å². The molecule has 1 saturated heterocycles. The third-order valence-corrected chi connectivity index (χ3v) is 7.28. The predicted molar refractivity (Wildman–Crippen MR) is 114 cm³/mol. The maximum absolute atomic E-state index is 13.1. The van der Waals surface area contributed by atoms with Gasteiger partial charge in [-0.1, -0.05) is 38.1 Å². The van der Waals surface area contributed by atoms with Crippen molar-refractivity contribution in [1.82, 2.24) is 9.21 Å². The molecule has 0 aromatic heterocycles. The topological polar surface area (TPSA) is 93.0 Å². The number of piperazine rings is 1. The van der Waals surface area contributed by atoms with Crippen molar-refractivity contribution in [2.75, 3.05) is 33.3 Å². The first-order chi connectivity index (χ1) is 14.2. The molecule has 0 unspecified atom stereocenters. The van der Waals surface area contributed by atoms with Gasteiger partial charge in [-0.25, -0.2) is 8.42 Å². The molecule has 0 saturated carbocycles. The summed E-state index contributed by atoms with van der Waals surface area (Å²) < 4.78 is 32.7. The lowest BCUT2D eigenvalue weighted by molar-refractivity contribution is -0.385. The van der Waals surface area contributed by atoms with Gasteiger partial charge in [0.15, 0.2) is 0 Å². The van der Waals surface area contributed by atoms with Crippen LogP contribution in [-0.4, -0.2) is 55.8 Å². The number of nitro benzene ring substituents is 1. The Labute approximate surface area is 177 Å². The van der Waals surface area contributed by atoms with Crippen LogP contribution in [0.15, 0.2) is 47.4 Å². The van der Waals surface area contributed by atoms with Gasteiger partial charge < -0.3 is 4.74 Å². The SMILES string of the molecule is COc1ccc([N+](=O)[O-])cc1S(=O)(=O)N1CCN(Cc2ccc(C(C)C)cc2)CC1. The molecule has 0 spiro atoms. The fraction of sp³-hybridized carbons (Fsp3) is 0.429. The van der Waals surface area contributed by atoms with Gasteiger partial charge >= 0.3 is 0 Å². The van der Waals surface area contributed by atoms with E-state index in [1.54, 1.807) is 0 Å². The Morgan fingerprint density at radius 2 is 1.70 bits per heavy atom. The normalized spacial score (nSPS) is 16.0. The Balaban J connectivity index is 1.69. The Morgan fingerprint density at radius 1 is 1.07 bits per heavy atom. The largest absolute Gasteiger partial charge is 0.495 e.